The maximum atomic E-state index is 12.9. The highest BCUT2D eigenvalue weighted by Crippen LogP contribution is 2.22. The van der Waals surface area contributed by atoms with Crippen LogP contribution in [-0.2, 0) is 0 Å². The molecule has 21 heavy (non-hydrogen) atoms. The summed E-state index contributed by atoms with van der Waals surface area (Å²) in [5.41, 5.74) is 1.25. The zero-order chi connectivity index (χ0) is 14.8. The summed E-state index contributed by atoms with van der Waals surface area (Å²) in [7, 11) is 0. The number of carboxylic acid groups (broad SMARTS) is 1. The van der Waals surface area contributed by atoms with Crippen LogP contribution in [0.1, 0.15) is 10.4 Å². The van der Waals surface area contributed by atoms with Crippen LogP contribution in [0.4, 0.5) is 4.39 Å². The molecule has 0 radical (unpaired) electrons. The van der Waals surface area contributed by atoms with Gasteiger partial charge in [0.1, 0.15) is 17.1 Å². The van der Waals surface area contributed by atoms with E-state index in [0.29, 0.717) is 5.69 Å². The standard InChI is InChI=1S/C15H10FN3O2/c16-10-6-7-13(17-8-10)14-12(15(20)21)9-19(18-14)11-4-2-1-3-5-11/h1-9H,(H,20,21). The number of nitrogens with zero attached hydrogens (tertiary/aromatic N) is 3. The normalized spacial score (nSPS) is 10.5. The minimum absolute atomic E-state index is 0.0120. The fraction of sp³-hybridized carbons (Fsp3) is 0. The molecule has 2 heterocycles. The summed E-state index contributed by atoms with van der Waals surface area (Å²) in [4.78, 5) is 15.2. The summed E-state index contributed by atoms with van der Waals surface area (Å²) in [6.07, 6.45) is 2.44. The second kappa shape index (κ2) is 5.16. The Hall–Kier alpha value is -3.02. The smallest absolute Gasteiger partial charge is 0.339 e. The van der Waals surface area contributed by atoms with Gasteiger partial charge in [0.15, 0.2) is 0 Å². The molecule has 1 N–H and O–H groups in total. The van der Waals surface area contributed by atoms with Gasteiger partial charge in [0.05, 0.1) is 17.6 Å². The minimum Gasteiger partial charge on any atom is -0.478 e. The van der Waals surface area contributed by atoms with Gasteiger partial charge < -0.3 is 5.11 Å². The SMILES string of the molecule is O=C(O)c1cn(-c2ccccc2)nc1-c1ccc(F)cn1. The summed E-state index contributed by atoms with van der Waals surface area (Å²) in [6.45, 7) is 0. The van der Waals surface area contributed by atoms with Gasteiger partial charge in [-0.05, 0) is 24.3 Å². The molecule has 3 rings (SSSR count). The zero-order valence-electron chi connectivity index (χ0n) is 10.8. The number of pyridine rings is 1. The number of aromatic nitrogens is 3. The Balaban J connectivity index is 2.14. The lowest BCUT2D eigenvalue weighted by Gasteiger charge is -1.99. The van der Waals surface area contributed by atoms with E-state index in [1.165, 1.54) is 23.0 Å². The maximum Gasteiger partial charge on any atom is 0.339 e. The number of halogens is 1. The van der Waals surface area contributed by atoms with Crippen LogP contribution in [0.15, 0.2) is 54.9 Å². The Morgan fingerprint density at radius 2 is 1.90 bits per heavy atom. The molecule has 0 saturated heterocycles. The van der Waals surface area contributed by atoms with Crippen LogP contribution >= 0.6 is 0 Å². The quantitative estimate of drug-likeness (QED) is 0.802. The van der Waals surface area contributed by atoms with Crippen molar-refractivity contribution in [2.75, 3.05) is 0 Å². The topological polar surface area (TPSA) is 68.0 Å². The van der Waals surface area contributed by atoms with Gasteiger partial charge in [-0.15, -0.1) is 0 Å². The van der Waals surface area contributed by atoms with E-state index in [1.54, 1.807) is 12.1 Å². The number of carbonyl (C=O) groups is 1. The van der Waals surface area contributed by atoms with Gasteiger partial charge in [0, 0.05) is 6.20 Å². The first kappa shape index (κ1) is 13.0. The third-order valence-corrected chi connectivity index (χ3v) is 2.94. The van der Waals surface area contributed by atoms with E-state index < -0.39 is 11.8 Å². The fourth-order valence-corrected chi connectivity index (χ4v) is 1.95. The van der Waals surface area contributed by atoms with Crippen molar-refractivity contribution in [1.82, 2.24) is 14.8 Å². The van der Waals surface area contributed by atoms with Crippen LogP contribution in [0, 0.1) is 5.82 Å². The second-order valence-corrected chi connectivity index (χ2v) is 4.34. The summed E-state index contributed by atoms with van der Waals surface area (Å²) in [5, 5.41) is 13.5. The van der Waals surface area contributed by atoms with Crippen LogP contribution in [0.5, 0.6) is 0 Å². The van der Waals surface area contributed by atoms with E-state index in [4.69, 9.17) is 0 Å². The van der Waals surface area contributed by atoms with Crippen molar-refractivity contribution in [3.05, 3.63) is 66.2 Å². The number of hydrogen-bond donors (Lipinski definition) is 1. The number of rotatable bonds is 3. The van der Waals surface area contributed by atoms with Crippen molar-refractivity contribution in [2.45, 2.75) is 0 Å². The molecule has 0 spiro atoms. The summed E-state index contributed by atoms with van der Waals surface area (Å²) >= 11 is 0. The Morgan fingerprint density at radius 1 is 1.14 bits per heavy atom. The Kier molecular flexibility index (Phi) is 3.19. The zero-order valence-corrected chi connectivity index (χ0v) is 10.8. The van der Waals surface area contributed by atoms with Gasteiger partial charge in [0.25, 0.3) is 0 Å². The van der Waals surface area contributed by atoms with Crippen molar-refractivity contribution < 1.29 is 14.3 Å². The van der Waals surface area contributed by atoms with Crippen molar-refractivity contribution in [1.29, 1.82) is 0 Å². The van der Waals surface area contributed by atoms with Gasteiger partial charge in [-0.1, -0.05) is 18.2 Å². The molecule has 3 aromatic rings. The van der Waals surface area contributed by atoms with Crippen LogP contribution < -0.4 is 0 Å². The van der Waals surface area contributed by atoms with Crippen molar-refractivity contribution in [3.8, 4) is 17.1 Å². The highest BCUT2D eigenvalue weighted by atomic mass is 19.1. The first-order chi connectivity index (χ1) is 10.1. The van der Waals surface area contributed by atoms with Crippen LogP contribution in [0.25, 0.3) is 17.1 Å². The highest BCUT2D eigenvalue weighted by molar-refractivity contribution is 5.94. The first-order valence-electron chi connectivity index (χ1n) is 6.15. The largest absolute Gasteiger partial charge is 0.478 e. The van der Waals surface area contributed by atoms with E-state index >= 15 is 0 Å². The fourth-order valence-electron chi connectivity index (χ4n) is 1.95. The highest BCUT2D eigenvalue weighted by Gasteiger charge is 2.18. The van der Waals surface area contributed by atoms with Gasteiger partial charge >= 0.3 is 5.97 Å². The monoisotopic (exact) mass is 283 g/mol. The van der Waals surface area contributed by atoms with E-state index in [0.717, 1.165) is 11.9 Å². The predicted octanol–water partition coefficient (Wildman–Crippen LogP) is 2.77. The van der Waals surface area contributed by atoms with Crippen LogP contribution in [-0.4, -0.2) is 25.8 Å². The molecule has 0 bridgehead atoms. The second-order valence-electron chi connectivity index (χ2n) is 4.34. The molecule has 6 heteroatoms. The Bertz CT molecular complexity index is 782. The molecule has 0 unspecified atom stereocenters. The van der Waals surface area contributed by atoms with Crippen molar-refractivity contribution in [3.63, 3.8) is 0 Å². The molecule has 2 aromatic heterocycles. The Morgan fingerprint density at radius 3 is 2.52 bits per heavy atom. The maximum absolute atomic E-state index is 12.9. The molecular weight excluding hydrogens is 273 g/mol. The molecule has 104 valence electrons. The van der Waals surface area contributed by atoms with Gasteiger partial charge in [-0.25, -0.2) is 13.9 Å². The summed E-state index contributed by atoms with van der Waals surface area (Å²) in [6, 6.07) is 11.7. The molecule has 0 saturated carbocycles. The van der Waals surface area contributed by atoms with Crippen LogP contribution in [0.2, 0.25) is 0 Å². The van der Waals surface area contributed by atoms with Gasteiger partial charge in [-0.3, -0.25) is 4.98 Å². The first-order valence-corrected chi connectivity index (χ1v) is 6.15. The van der Waals surface area contributed by atoms with E-state index in [1.807, 2.05) is 18.2 Å². The average molecular weight is 283 g/mol. The number of hydrogen-bond acceptors (Lipinski definition) is 3. The van der Waals surface area contributed by atoms with Crippen molar-refractivity contribution in [2.24, 2.45) is 0 Å². The minimum atomic E-state index is -1.11. The molecule has 5 nitrogen and oxygen atoms in total. The van der Waals surface area contributed by atoms with Crippen LogP contribution in [0.3, 0.4) is 0 Å². The molecule has 0 fully saturated rings. The number of benzene rings is 1. The number of para-hydroxylation sites is 1. The number of carboxylic acids is 1. The molecule has 1 aromatic carbocycles. The molecule has 0 atom stereocenters. The summed E-state index contributed by atoms with van der Waals surface area (Å²) < 4.78 is 14.4. The average Bonchev–Trinajstić information content (AvgIpc) is 2.94. The molecule has 0 amide bonds. The predicted molar refractivity (Wildman–Crippen MR) is 73.7 cm³/mol. The number of aromatic carboxylic acids is 1. The van der Waals surface area contributed by atoms with E-state index in [9.17, 15) is 14.3 Å². The van der Waals surface area contributed by atoms with Gasteiger partial charge in [0.2, 0.25) is 0 Å². The third kappa shape index (κ3) is 2.51. The van der Waals surface area contributed by atoms with E-state index in [-0.39, 0.29) is 11.3 Å². The molecular formula is C15H10FN3O2. The third-order valence-electron chi connectivity index (χ3n) is 2.94. The lowest BCUT2D eigenvalue weighted by atomic mass is 10.2. The molecule has 0 aliphatic carbocycles. The lowest BCUT2D eigenvalue weighted by Crippen LogP contribution is -1.97. The summed E-state index contributed by atoms with van der Waals surface area (Å²) in [5.74, 6) is -1.60. The lowest BCUT2D eigenvalue weighted by molar-refractivity contribution is 0.0697. The molecule has 0 aliphatic heterocycles. The Labute approximate surface area is 119 Å². The van der Waals surface area contributed by atoms with Gasteiger partial charge in [-0.2, -0.15) is 5.10 Å². The van der Waals surface area contributed by atoms with E-state index in [2.05, 4.69) is 10.1 Å². The molecule has 0 aliphatic rings. The van der Waals surface area contributed by atoms with Crippen molar-refractivity contribution >= 4 is 5.97 Å².